The average Bonchev–Trinajstić information content (AvgIpc) is 2.86. The van der Waals surface area contributed by atoms with Gasteiger partial charge in [-0.1, -0.05) is 0 Å². The summed E-state index contributed by atoms with van der Waals surface area (Å²) in [6, 6.07) is 0. The second-order valence-electron chi connectivity index (χ2n) is 4.05. The van der Waals surface area contributed by atoms with Crippen LogP contribution in [0.2, 0.25) is 0 Å². The topological polar surface area (TPSA) is 82.5 Å². The molecule has 0 radical (unpaired) electrons. The first-order valence-corrected chi connectivity index (χ1v) is 6.31. The summed E-state index contributed by atoms with van der Waals surface area (Å²) in [6.07, 6.45) is 3.18. The van der Waals surface area contributed by atoms with E-state index in [2.05, 4.69) is 26.9 Å². The number of anilines is 1. The summed E-state index contributed by atoms with van der Waals surface area (Å²) >= 11 is 1.69. The van der Waals surface area contributed by atoms with Crippen LogP contribution in [0.15, 0.2) is 12.7 Å². The molecule has 0 saturated carbocycles. The van der Waals surface area contributed by atoms with Crippen LogP contribution < -0.4 is 5.73 Å². The Kier molecular flexibility index (Phi) is 2.48. The van der Waals surface area contributed by atoms with Crippen molar-refractivity contribution in [3.05, 3.63) is 28.2 Å². The first-order valence-electron chi connectivity index (χ1n) is 5.49. The SMILES string of the molecule is Cc1nc(Cn2cnc3c(N)ncnc32)sc1C. The molecule has 18 heavy (non-hydrogen) atoms. The summed E-state index contributed by atoms with van der Waals surface area (Å²) in [5, 5.41) is 1.04. The molecule has 0 spiro atoms. The number of nitrogen functional groups attached to an aromatic ring is 1. The molecule has 7 heteroatoms. The second-order valence-corrected chi connectivity index (χ2v) is 5.34. The fourth-order valence-electron chi connectivity index (χ4n) is 1.77. The highest BCUT2D eigenvalue weighted by atomic mass is 32.1. The van der Waals surface area contributed by atoms with Gasteiger partial charge in [0.2, 0.25) is 0 Å². The number of hydrogen-bond donors (Lipinski definition) is 1. The fraction of sp³-hybridized carbons (Fsp3) is 0.273. The summed E-state index contributed by atoms with van der Waals surface area (Å²) in [6.45, 7) is 4.75. The molecule has 0 aliphatic carbocycles. The molecule has 92 valence electrons. The number of nitrogens with two attached hydrogens (primary N) is 1. The number of imidazole rings is 1. The number of fused-ring (bicyclic) bond motifs is 1. The highest BCUT2D eigenvalue weighted by Crippen LogP contribution is 2.20. The summed E-state index contributed by atoms with van der Waals surface area (Å²) < 4.78 is 1.94. The lowest BCUT2D eigenvalue weighted by atomic mass is 10.4. The molecule has 2 N–H and O–H groups in total. The maximum Gasteiger partial charge on any atom is 0.165 e. The smallest absolute Gasteiger partial charge is 0.165 e. The van der Waals surface area contributed by atoms with E-state index >= 15 is 0 Å². The van der Waals surface area contributed by atoms with Crippen LogP contribution in [0.3, 0.4) is 0 Å². The molecular weight excluding hydrogens is 248 g/mol. The van der Waals surface area contributed by atoms with Gasteiger partial charge in [0.1, 0.15) is 16.9 Å². The van der Waals surface area contributed by atoms with Crippen LogP contribution in [-0.4, -0.2) is 24.5 Å². The summed E-state index contributed by atoms with van der Waals surface area (Å²) in [7, 11) is 0. The third-order valence-electron chi connectivity index (χ3n) is 2.81. The Bertz CT molecular complexity index is 694. The molecule has 3 heterocycles. The van der Waals surface area contributed by atoms with Gasteiger partial charge < -0.3 is 10.3 Å². The van der Waals surface area contributed by atoms with Crippen molar-refractivity contribution in [2.75, 3.05) is 5.73 Å². The minimum Gasteiger partial charge on any atom is -0.382 e. The molecule has 0 aliphatic heterocycles. The fourth-order valence-corrected chi connectivity index (χ4v) is 2.70. The van der Waals surface area contributed by atoms with Gasteiger partial charge in [-0.25, -0.2) is 19.9 Å². The molecule has 3 aromatic rings. The zero-order valence-corrected chi connectivity index (χ0v) is 10.9. The van der Waals surface area contributed by atoms with E-state index in [1.807, 2.05) is 11.5 Å². The Morgan fingerprint density at radius 2 is 2.11 bits per heavy atom. The van der Waals surface area contributed by atoms with E-state index in [9.17, 15) is 0 Å². The molecule has 0 bridgehead atoms. The van der Waals surface area contributed by atoms with E-state index in [1.54, 1.807) is 17.7 Å². The van der Waals surface area contributed by atoms with Gasteiger partial charge in [-0.05, 0) is 13.8 Å². The Labute approximate surface area is 108 Å². The summed E-state index contributed by atoms with van der Waals surface area (Å²) in [5.74, 6) is 0.408. The predicted octanol–water partition coefficient (Wildman–Crippen LogP) is 1.53. The molecule has 3 rings (SSSR count). The zero-order valence-electron chi connectivity index (χ0n) is 10.1. The average molecular weight is 260 g/mol. The molecule has 0 aromatic carbocycles. The molecule has 0 fully saturated rings. The third-order valence-corrected chi connectivity index (χ3v) is 3.87. The first-order chi connectivity index (χ1) is 8.65. The van der Waals surface area contributed by atoms with E-state index in [-0.39, 0.29) is 0 Å². The Balaban J connectivity index is 2.02. The van der Waals surface area contributed by atoms with Crippen molar-refractivity contribution in [3.63, 3.8) is 0 Å². The number of nitrogens with zero attached hydrogens (tertiary/aromatic N) is 5. The van der Waals surface area contributed by atoms with E-state index in [1.165, 1.54) is 11.2 Å². The van der Waals surface area contributed by atoms with E-state index in [0.29, 0.717) is 17.9 Å². The van der Waals surface area contributed by atoms with Crippen molar-refractivity contribution in [1.82, 2.24) is 24.5 Å². The van der Waals surface area contributed by atoms with Gasteiger partial charge in [0.15, 0.2) is 11.5 Å². The number of aryl methyl sites for hydroxylation is 2. The largest absolute Gasteiger partial charge is 0.382 e. The van der Waals surface area contributed by atoms with E-state index < -0.39 is 0 Å². The van der Waals surface area contributed by atoms with Crippen LogP contribution in [0.5, 0.6) is 0 Å². The monoisotopic (exact) mass is 260 g/mol. The molecule has 0 atom stereocenters. The van der Waals surface area contributed by atoms with Crippen LogP contribution in [0, 0.1) is 13.8 Å². The van der Waals surface area contributed by atoms with Crippen LogP contribution >= 0.6 is 11.3 Å². The molecule has 3 aromatic heterocycles. The molecule has 0 saturated heterocycles. The molecule has 0 amide bonds. The molecule has 0 unspecified atom stereocenters. The normalized spacial score (nSPS) is 11.2. The van der Waals surface area contributed by atoms with E-state index in [0.717, 1.165) is 16.3 Å². The lowest BCUT2D eigenvalue weighted by Crippen LogP contribution is -2.00. The maximum atomic E-state index is 5.75. The minimum absolute atomic E-state index is 0.408. The number of rotatable bonds is 2. The van der Waals surface area contributed by atoms with Crippen LogP contribution in [0.1, 0.15) is 15.6 Å². The van der Waals surface area contributed by atoms with Crippen molar-refractivity contribution in [2.24, 2.45) is 0 Å². The Morgan fingerprint density at radius 3 is 2.83 bits per heavy atom. The van der Waals surface area contributed by atoms with Gasteiger partial charge in [0.05, 0.1) is 18.6 Å². The van der Waals surface area contributed by atoms with Gasteiger partial charge >= 0.3 is 0 Å². The number of thiazole rings is 1. The second kappa shape index (κ2) is 4.02. The predicted molar refractivity (Wildman–Crippen MR) is 70.4 cm³/mol. The third kappa shape index (κ3) is 1.72. The minimum atomic E-state index is 0.408. The van der Waals surface area contributed by atoms with Crippen LogP contribution in [0.4, 0.5) is 5.82 Å². The van der Waals surface area contributed by atoms with Gasteiger partial charge in [0, 0.05) is 4.88 Å². The van der Waals surface area contributed by atoms with E-state index in [4.69, 9.17) is 5.73 Å². The van der Waals surface area contributed by atoms with Gasteiger partial charge in [0.25, 0.3) is 0 Å². The standard InChI is InChI=1S/C11H12N6S/c1-6-7(2)18-8(16-6)3-17-5-15-9-10(12)13-4-14-11(9)17/h4-5H,3H2,1-2H3,(H2,12,13,14). The molecule has 0 aliphatic rings. The van der Waals surface area contributed by atoms with Crippen molar-refractivity contribution in [1.29, 1.82) is 0 Å². The first kappa shape index (κ1) is 11.1. The van der Waals surface area contributed by atoms with Crippen molar-refractivity contribution >= 4 is 28.3 Å². The summed E-state index contributed by atoms with van der Waals surface area (Å²) in [4.78, 5) is 18.1. The Morgan fingerprint density at radius 1 is 1.28 bits per heavy atom. The molecule has 6 nitrogen and oxygen atoms in total. The highest BCUT2D eigenvalue weighted by Gasteiger charge is 2.10. The number of hydrogen-bond acceptors (Lipinski definition) is 6. The van der Waals surface area contributed by atoms with Crippen molar-refractivity contribution in [3.8, 4) is 0 Å². The van der Waals surface area contributed by atoms with Crippen molar-refractivity contribution in [2.45, 2.75) is 20.4 Å². The highest BCUT2D eigenvalue weighted by molar-refractivity contribution is 7.11. The zero-order chi connectivity index (χ0) is 12.7. The van der Waals surface area contributed by atoms with Crippen LogP contribution in [0.25, 0.3) is 11.2 Å². The van der Waals surface area contributed by atoms with Gasteiger partial charge in [-0.3, -0.25) is 0 Å². The lowest BCUT2D eigenvalue weighted by molar-refractivity contribution is 0.803. The van der Waals surface area contributed by atoms with Crippen molar-refractivity contribution < 1.29 is 0 Å². The number of aromatic nitrogens is 5. The lowest BCUT2D eigenvalue weighted by Gasteiger charge is -2.00. The van der Waals surface area contributed by atoms with Gasteiger partial charge in [-0.15, -0.1) is 11.3 Å². The van der Waals surface area contributed by atoms with Crippen LogP contribution in [-0.2, 0) is 6.54 Å². The molecular formula is C11H12N6S. The van der Waals surface area contributed by atoms with Gasteiger partial charge in [-0.2, -0.15) is 0 Å². The Hall–Kier alpha value is -2.02. The quantitative estimate of drug-likeness (QED) is 0.755. The summed E-state index contributed by atoms with van der Waals surface area (Å²) in [5.41, 5.74) is 8.21. The maximum absolute atomic E-state index is 5.75.